The summed E-state index contributed by atoms with van der Waals surface area (Å²) in [7, 11) is 1.35. The number of ketones is 1. The summed E-state index contributed by atoms with van der Waals surface area (Å²) >= 11 is 0. The van der Waals surface area contributed by atoms with Gasteiger partial charge in [-0.05, 0) is 12.8 Å². The van der Waals surface area contributed by atoms with Crippen LogP contribution in [0.3, 0.4) is 0 Å². The lowest BCUT2D eigenvalue weighted by Crippen LogP contribution is -2.58. The maximum Gasteiger partial charge on any atom is 0.320 e. The maximum absolute atomic E-state index is 12.0. The fraction of sp³-hybridized carbons (Fsp3) is 0.800. The van der Waals surface area contributed by atoms with Crippen molar-refractivity contribution < 1.29 is 14.3 Å². The third-order valence-corrected chi connectivity index (χ3v) is 3.39. The summed E-state index contributed by atoms with van der Waals surface area (Å²) in [6, 6.07) is 0. The highest BCUT2D eigenvalue weighted by Gasteiger charge is 2.53. The maximum atomic E-state index is 12.0. The van der Waals surface area contributed by atoms with Crippen LogP contribution < -0.4 is 5.32 Å². The molecule has 0 aromatic rings. The molecule has 4 nitrogen and oxygen atoms in total. The number of fused-ring (bicyclic) bond motifs is 2. The van der Waals surface area contributed by atoms with Gasteiger partial charge in [0, 0.05) is 19.0 Å². The lowest BCUT2D eigenvalue weighted by atomic mass is 9.66. The minimum atomic E-state index is -0.865. The van der Waals surface area contributed by atoms with E-state index in [-0.39, 0.29) is 17.7 Å². The largest absolute Gasteiger partial charge is 0.468 e. The number of hydrogen-bond donors (Lipinski definition) is 1. The molecule has 1 N–H and O–H groups in total. The number of ether oxygens (including phenoxy) is 1. The predicted octanol–water partition coefficient (Wildman–Crippen LogP) is 0.118. The molecule has 1 aliphatic heterocycles. The Hall–Kier alpha value is -0.900. The first-order valence-electron chi connectivity index (χ1n) is 5.04. The van der Waals surface area contributed by atoms with Gasteiger partial charge < -0.3 is 10.1 Å². The fourth-order valence-electron chi connectivity index (χ4n) is 2.60. The molecule has 2 fully saturated rings. The molecule has 0 spiro atoms. The van der Waals surface area contributed by atoms with E-state index in [0.29, 0.717) is 13.0 Å². The zero-order valence-corrected chi connectivity index (χ0v) is 8.34. The molecule has 2 atom stereocenters. The smallest absolute Gasteiger partial charge is 0.320 e. The van der Waals surface area contributed by atoms with Crippen LogP contribution in [-0.4, -0.2) is 32.0 Å². The molecule has 1 heterocycles. The number of esters is 1. The summed E-state index contributed by atoms with van der Waals surface area (Å²) in [4.78, 5) is 23.6. The van der Waals surface area contributed by atoms with E-state index in [1.807, 2.05) is 0 Å². The number of carbonyl (C=O) groups excluding carboxylic acids is 2. The second-order valence-electron chi connectivity index (χ2n) is 4.16. The van der Waals surface area contributed by atoms with Crippen molar-refractivity contribution >= 4 is 11.8 Å². The Bertz CT molecular complexity index is 265. The van der Waals surface area contributed by atoms with Crippen molar-refractivity contribution in [1.82, 2.24) is 5.32 Å². The molecule has 2 bridgehead atoms. The molecule has 0 aromatic heterocycles. The van der Waals surface area contributed by atoms with Crippen LogP contribution in [0.2, 0.25) is 0 Å². The molecule has 2 rings (SSSR count). The Kier molecular flexibility index (Phi) is 2.31. The van der Waals surface area contributed by atoms with Crippen molar-refractivity contribution in [2.75, 3.05) is 20.2 Å². The molecule has 1 aliphatic carbocycles. The van der Waals surface area contributed by atoms with Crippen molar-refractivity contribution in [3.05, 3.63) is 0 Å². The molecule has 4 heteroatoms. The second kappa shape index (κ2) is 3.35. The van der Waals surface area contributed by atoms with E-state index < -0.39 is 5.41 Å². The molecule has 2 unspecified atom stereocenters. The summed E-state index contributed by atoms with van der Waals surface area (Å²) in [5.74, 6) is -0.245. The van der Waals surface area contributed by atoms with Gasteiger partial charge in [0.05, 0.1) is 7.11 Å². The van der Waals surface area contributed by atoms with E-state index in [1.54, 1.807) is 0 Å². The number of carbonyl (C=O) groups is 2. The molecule has 1 saturated heterocycles. The van der Waals surface area contributed by atoms with Crippen molar-refractivity contribution in [2.45, 2.75) is 19.3 Å². The van der Waals surface area contributed by atoms with E-state index >= 15 is 0 Å². The number of methoxy groups -OCH3 is 1. The third-order valence-electron chi connectivity index (χ3n) is 3.39. The first-order valence-corrected chi connectivity index (χ1v) is 5.04. The van der Waals surface area contributed by atoms with Crippen LogP contribution in [0.4, 0.5) is 0 Å². The van der Waals surface area contributed by atoms with Gasteiger partial charge in [-0.2, -0.15) is 0 Å². The highest BCUT2D eigenvalue weighted by molar-refractivity contribution is 6.06. The number of nitrogens with one attached hydrogen (secondary N) is 1. The van der Waals surface area contributed by atoms with Gasteiger partial charge in [-0.25, -0.2) is 0 Å². The van der Waals surface area contributed by atoms with Crippen LogP contribution >= 0.6 is 0 Å². The molecule has 0 radical (unpaired) electrons. The standard InChI is InChI=1S/C10H15NO3/c1-14-9(13)10-4-2-3-7(8(10)12)5-11-6-10/h7,11H,2-6H2,1H3. The number of piperidine rings is 1. The average Bonchev–Trinajstić information content (AvgIpc) is 2.17. The number of hydrogen-bond acceptors (Lipinski definition) is 4. The normalized spacial score (nSPS) is 36.6. The Morgan fingerprint density at radius 1 is 1.64 bits per heavy atom. The SMILES string of the molecule is COC(=O)C12CCCC(CNC1)C2=O. The van der Waals surface area contributed by atoms with E-state index in [1.165, 1.54) is 7.11 Å². The Labute approximate surface area is 83.0 Å². The van der Waals surface area contributed by atoms with Gasteiger partial charge in [0.25, 0.3) is 0 Å². The van der Waals surface area contributed by atoms with Gasteiger partial charge in [-0.15, -0.1) is 0 Å². The molecule has 1 saturated carbocycles. The fourth-order valence-corrected chi connectivity index (χ4v) is 2.60. The van der Waals surface area contributed by atoms with E-state index in [2.05, 4.69) is 5.32 Å². The minimum Gasteiger partial charge on any atom is -0.468 e. The van der Waals surface area contributed by atoms with E-state index in [0.717, 1.165) is 19.4 Å². The molecular formula is C10H15NO3. The van der Waals surface area contributed by atoms with Gasteiger partial charge >= 0.3 is 5.97 Å². The monoisotopic (exact) mass is 197 g/mol. The Balaban J connectivity index is 2.30. The third kappa shape index (κ3) is 1.17. The van der Waals surface area contributed by atoms with Crippen LogP contribution in [0.25, 0.3) is 0 Å². The summed E-state index contributed by atoms with van der Waals surface area (Å²) in [6.45, 7) is 1.17. The first kappa shape index (κ1) is 9.65. The van der Waals surface area contributed by atoms with Crippen LogP contribution in [-0.2, 0) is 14.3 Å². The van der Waals surface area contributed by atoms with Gasteiger partial charge in [0.2, 0.25) is 0 Å². The molecule has 2 aliphatic rings. The van der Waals surface area contributed by atoms with Crippen molar-refractivity contribution in [3.63, 3.8) is 0 Å². The zero-order valence-electron chi connectivity index (χ0n) is 8.34. The molecule has 0 amide bonds. The summed E-state index contributed by atoms with van der Waals surface area (Å²) in [5.41, 5.74) is -0.865. The highest BCUT2D eigenvalue weighted by Crippen LogP contribution is 2.39. The molecule has 78 valence electrons. The molecule has 0 aromatic carbocycles. The van der Waals surface area contributed by atoms with Crippen LogP contribution in [0.1, 0.15) is 19.3 Å². The lowest BCUT2D eigenvalue weighted by molar-refractivity contribution is -0.163. The van der Waals surface area contributed by atoms with Crippen LogP contribution in [0.15, 0.2) is 0 Å². The van der Waals surface area contributed by atoms with E-state index in [4.69, 9.17) is 4.74 Å². The molecule has 14 heavy (non-hydrogen) atoms. The quantitative estimate of drug-likeness (QED) is 0.479. The van der Waals surface area contributed by atoms with E-state index in [9.17, 15) is 9.59 Å². The average molecular weight is 197 g/mol. The molecular weight excluding hydrogens is 182 g/mol. The zero-order chi connectivity index (χ0) is 10.2. The second-order valence-corrected chi connectivity index (χ2v) is 4.16. The predicted molar refractivity (Wildman–Crippen MR) is 49.7 cm³/mol. The summed E-state index contributed by atoms with van der Waals surface area (Å²) < 4.78 is 4.74. The van der Waals surface area contributed by atoms with Crippen LogP contribution in [0.5, 0.6) is 0 Å². The highest BCUT2D eigenvalue weighted by atomic mass is 16.5. The summed E-state index contributed by atoms with van der Waals surface area (Å²) in [6.07, 6.45) is 2.50. The topological polar surface area (TPSA) is 55.4 Å². The van der Waals surface area contributed by atoms with Gasteiger partial charge in [-0.1, -0.05) is 6.42 Å². The van der Waals surface area contributed by atoms with Crippen molar-refractivity contribution in [1.29, 1.82) is 0 Å². The Morgan fingerprint density at radius 2 is 2.43 bits per heavy atom. The number of Topliss-reactive ketones (excluding diaryl/α,β-unsaturated/α-hetero) is 1. The number of rotatable bonds is 1. The van der Waals surface area contributed by atoms with Crippen molar-refractivity contribution in [2.24, 2.45) is 11.3 Å². The summed E-state index contributed by atoms with van der Waals surface area (Å²) in [5, 5.41) is 3.15. The van der Waals surface area contributed by atoms with Crippen LogP contribution in [0, 0.1) is 11.3 Å². The van der Waals surface area contributed by atoms with Gasteiger partial charge in [-0.3, -0.25) is 9.59 Å². The Morgan fingerprint density at radius 3 is 3.14 bits per heavy atom. The van der Waals surface area contributed by atoms with Gasteiger partial charge in [0.1, 0.15) is 5.41 Å². The first-order chi connectivity index (χ1) is 6.70. The van der Waals surface area contributed by atoms with Crippen molar-refractivity contribution in [3.8, 4) is 0 Å². The minimum absolute atomic E-state index is 0.0246. The lowest BCUT2D eigenvalue weighted by Gasteiger charge is -2.41. The van der Waals surface area contributed by atoms with Gasteiger partial charge in [0.15, 0.2) is 5.78 Å².